The van der Waals surface area contributed by atoms with E-state index in [1.807, 2.05) is 55.6 Å². The summed E-state index contributed by atoms with van der Waals surface area (Å²) in [6.07, 6.45) is 0. The van der Waals surface area contributed by atoms with E-state index in [1.54, 1.807) is 6.07 Å². The smallest absolute Gasteiger partial charge is 0.251 e. The maximum absolute atomic E-state index is 12.7. The Hall–Kier alpha value is -1.49. The molecule has 2 amide bonds. The topological polar surface area (TPSA) is 49.4 Å². The Morgan fingerprint density at radius 3 is 2.50 bits per heavy atom. The normalized spacial score (nSPS) is 16.5. The fourth-order valence-electron chi connectivity index (χ4n) is 2.50. The van der Waals surface area contributed by atoms with Crippen LogP contribution in [0, 0.1) is 12.8 Å². The van der Waals surface area contributed by atoms with Crippen molar-refractivity contribution in [1.82, 2.24) is 10.2 Å². The minimum absolute atomic E-state index is 0.0382. The van der Waals surface area contributed by atoms with Gasteiger partial charge in [0.2, 0.25) is 5.91 Å². The lowest BCUT2D eigenvalue weighted by molar-refractivity contribution is -0.133. The lowest BCUT2D eigenvalue weighted by Crippen LogP contribution is -2.53. The summed E-state index contributed by atoms with van der Waals surface area (Å²) in [6, 6.07) is 6.97. The van der Waals surface area contributed by atoms with Crippen molar-refractivity contribution in [2.75, 3.05) is 24.6 Å². The number of nitrogens with zero attached hydrogens (tertiary/aromatic N) is 1. The molecule has 0 saturated carbocycles. The van der Waals surface area contributed by atoms with Gasteiger partial charge in [-0.15, -0.1) is 0 Å². The van der Waals surface area contributed by atoms with E-state index in [0.717, 1.165) is 30.2 Å². The molecule has 1 aromatic carbocycles. The van der Waals surface area contributed by atoms with Crippen LogP contribution in [0.15, 0.2) is 24.3 Å². The molecular formula is C17H24N2O2S. The summed E-state index contributed by atoms with van der Waals surface area (Å²) in [4.78, 5) is 27.0. The molecule has 0 aromatic heterocycles. The Balaban J connectivity index is 2.08. The number of hydrogen-bond acceptors (Lipinski definition) is 3. The van der Waals surface area contributed by atoms with Crippen molar-refractivity contribution < 1.29 is 9.59 Å². The molecular weight excluding hydrogens is 296 g/mol. The van der Waals surface area contributed by atoms with Gasteiger partial charge in [-0.25, -0.2) is 0 Å². The van der Waals surface area contributed by atoms with Crippen LogP contribution in [0.4, 0.5) is 0 Å². The van der Waals surface area contributed by atoms with Crippen molar-refractivity contribution in [2.24, 2.45) is 5.92 Å². The summed E-state index contributed by atoms with van der Waals surface area (Å²) < 4.78 is 0. The molecule has 0 unspecified atom stereocenters. The first kappa shape index (κ1) is 16.9. The van der Waals surface area contributed by atoms with Gasteiger partial charge in [-0.05, 0) is 25.0 Å². The van der Waals surface area contributed by atoms with E-state index < -0.39 is 6.04 Å². The molecule has 0 spiro atoms. The third-order valence-corrected chi connectivity index (χ3v) is 4.76. The molecule has 1 aliphatic rings. The average molecular weight is 320 g/mol. The van der Waals surface area contributed by atoms with Crippen molar-refractivity contribution in [3.63, 3.8) is 0 Å². The predicted octanol–water partition coefficient (Wildman–Crippen LogP) is 2.32. The van der Waals surface area contributed by atoms with Crippen LogP contribution in [0.3, 0.4) is 0 Å². The highest BCUT2D eigenvalue weighted by Gasteiger charge is 2.29. The first-order valence-electron chi connectivity index (χ1n) is 7.73. The highest BCUT2D eigenvalue weighted by Crippen LogP contribution is 2.14. The second-order valence-corrected chi connectivity index (χ2v) is 7.23. The van der Waals surface area contributed by atoms with Crippen LogP contribution in [-0.2, 0) is 4.79 Å². The molecule has 1 N–H and O–H groups in total. The largest absolute Gasteiger partial charge is 0.340 e. The van der Waals surface area contributed by atoms with Crippen LogP contribution in [0.2, 0.25) is 0 Å². The van der Waals surface area contributed by atoms with Crippen LogP contribution < -0.4 is 5.32 Å². The number of hydrogen-bond donors (Lipinski definition) is 1. The van der Waals surface area contributed by atoms with Crippen molar-refractivity contribution in [1.29, 1.82) is 0 Å². The summed E-state index contributed by atoms with van der Waals surface area (Å²) >= 11 is 1.87. The molecule has 120 valence electrons. The maximum Gasteiger partial charge on any atom is 0.251 e. The van der Waals surface area contributed by atoms with Gasteiger partial charge in [0.25, 0.3) is 5.91 Å². The number of benzene rings is 1. The zero-order valence-corrected chi connectivity index (χ0v) is 14.3. The van der Waals surface area contributed by atoms with Crippen molar-refractivity contribution in [3.8, 4) is 0 Å². The van der Waals surface area contributed by atoms with Gasteiger partial charge < -0.3 is 10.2 Å². The van der Waals surface area contributed by atoms with E-state index in [9.17, 15) is 9.59 Å². The summed E-state index contributed by atoms with van der Waals surface area (Å²) in [6.45, 7) is 7.43. The molecule has 1 fully saturated rings. The molecule has 1 heterocycles. The second-order valence-electron chi connectivity index (χ2n) is 6.00. The van der Waals surface area contributed by atoms with Gasteiger partial charge in [-0.1, -0.05) is 31.5 Å². The minimum Gasteiger partial charge on any atom is -0.340 e. The molecule has 2 rings (SSSR count). The van der Waals surface area contributed by atoms with Gasteiger partial charge in [0.15, 0.2) is 0 Å². The van der Waals surface area contributed by atoms with Crippen molar-refractivity contribution >= 4 is 23.6 Å². The van der Waals surface area contributed by atoms with Gasteiger partial charge in [0.1, 0.15) is 6.04 Å². The number of amides is 2. The van der Waals surface area contributed by atoms with Crippen LogP contribution in [-0.4, -0.2) is 47.4 Å². The predicted molar refractivity (Wildman–Crippen MR) is 91.2 cm³/mol. The molecule has 1 aromatic rings. The van der Waals surface area contributed by atoms with Gasteiger partial charge >= 0.3 is 0 Å². The molecule has 5 heteroatoms. The number of carbonyl (C=O) groups is 2. The molecule has 0 radical (unpaired) electrons. The van der Waals surface area contributed by atoms with Gasteiger partial charge in [0.05, 0.1) is 0 Å². The summed E-state index contributed by atoms with van der Waals surface area (Å²) in [5.74, 6) is 1.87. The quantitative estimate of drug-likeness (QED) is 0.926. The van der Waals surface area contributed by atoms with E-state index in [1.165, 1.54) is 0 Å². The van der Waals surface area contributed by atoms with Gasteiger partial charge in [-0.2, -0.15) is 11.8 Å². The number of aryl methyl sites for hydroxylation is 1. The zero-order chi connectivity index (χ0) is 16.1. The lowest BCUT2D eigenvalue weighted by Gasteiger charge is -2.32. The van der Waals surface area contributed by atoms with Crippen LogP contribution >= 0.6 is 11.8 Å². The average Bonchev–Trinajstić information content (AvgIpc) is 2.52. The van der Waals surface area contributed by atoms with E-state index in [0.29, 0.717) is 5.56 Å². The fraction of sp³-hybridized carbons (Fsp3) is 0.529. The van der Waals surface area contributed by atoms with E-state index in [2.05, 4.69) is 5.32 Å². The van der Waals surface area contributed by atoms with Crippen LogP contribution in [0.1, 0.15) is 29.8 Å². The first-order chi connectivity index (χ1) is 10.5. The van der Waals surface area contributed by atoms with Gasteiger partial charge in [0, 0.05) is 30.2 Å². The third kappa shape index (κ3) is 4.26. The summed E-state index contributed by atoms with van der Waals surface area (Å²) in [7, 11) is 0. The van der Waals surface area contributed by atoms with Crippen molar-refractivity contribution in [3.05, 3.63) is 35.4 Å². The fourth-order valence-corrected chi connectivity index (χ4v) is 3.41. The number of carbonyl (C=O) groups excluding carboxylic acids is 2. The van der Waals surface area contributed by atoms with Crippen LogP contribution in [0.5, 0.6) is 0 Å². The van der Waals surface area contributed by atoms with Crippen molar-refractivity contribution in [2.45, 2.75) is 26.8 Å². The monoisotopic (exact) mass is 320 g/mol. The SMILES string of the molecule is Cc1cccc(C(=O)N[C@H](C(=O)N2CCSCC2)C(C)C)c1. The number of rotatable bonds is 4. The molecule has 22 heavy (non-hydrogen) atoms. The standard InChI is InChI=1S/C17H24N2O2S/c1-12(2)15(17(21)19-7-9-22-10-8-19)18-16(20)14-6-4-5-13(3)11-14/h4-6,11-12,15H,7-10H2,1-3H3,(H,18,20)/t15-/m0/s1. The molecule has 1 saturated heterocycles. The minimum atomic E-state index is -0.462. The van der Waals surface area contributed by atoms with E-state index in [4.69, 9.17) is 0 Å². The van der Waals surface area contributed by atoms with Crippen LogP contribution in [0.25, 0.3) is 0 Å². The zero-order valence-electron chi connectivity index (χ0n) is 13.5. The summed E-state index contributed by atoms with van der Waals surface area (Å²) in [5, 5.41) is 2.92. The molecule has 0 aliphatic carbocycles. The number of thioether (sulfide) groups is 1. The molecule has 1 atom stereocenters. The molecule has 0 bridgehead atoms. The van der Waals surface area contributed by atoms with E-state index >= 15 is 0 Å². The Morgan fingerprint density at radius 2 is 1.91 bits per heavy atom. The second kappa shape index (κ2) is 7.68. The Morgan fingerprint density at radius 1 is 1.23 bits per heavy atom. The van der Waals surface area contributed by atoms with Gasteiger partial charge in [-0.3, -0.25) is 9.59 Å². The highest BCUT2D eigenvalue weighted by atomic mass is 32.2. The highest BCUT2D eigenvalue weighted by molar-refractivity contribution is 7.99. The van der Waals surface area contributed by atoms with E-state index in [-0.39, 0.29) is 17.7 Å². The Labute approximate surface area is 136 Å². The molecule has 1 aliphatic heterocycles. The summed E-state index contributed by atoms with van der Waals surface area (Å²) in [5.41, 5.74) is 1.64. The Bertz CT molecular complexity index is 539. The maximum atomic E-state index is 12.7. The third-order valence-electron chi connectivity index (χ3n) is 3.82. The Kier molecular flexibility index (Phi) is 5.89. The lowest BCUT2D eigenvalue weighted by atomic mass is 10.0. The molecule has 4 nitrogen and oxygen atoms in total. The first-order valence-corrected chi connectivity index (χ1v) is 8.88. The number of nitrogens with one attached hydrogen (secondary N) is 1.